The molecule has 2 N–H and O–H groups in total. The van der Waals surface area contributed by atoms with Crippen LogP contribution in [0.2, 0.25) is 0 Å². The monoisotopic (exact) mass is 273 g/mol. The maximum absolute atomic E-state index is 11.4. The molecule has 104 valence electrons. The highest BCUT2D eigenvalue weighted by atomic mass is 32.2. The summed E-state index contributed by atoms with van der Waals surface area (Å²) in [6.07, 6.45) is 1.26. The Balaban J connectivity index is 2.64. The Morgan fingerprint density at radius 2 is 1.83 bits per heavy atom. The summed E-state index contributed by atoms with van der Waals surface area (Å²) < 4.78 is 28.3. The second-order valence-corrected chi connectivity index (χ2v) is 7.21. The molecule has 1 aromatic rings. The SMILES string of the molecule is CCS(=O)(=O)CCCC(N)c1c(C)oc(C)c1C. The van der Waals surface area contributed by atoms with Gasteiger partial charge in [0, 0.05) is 17.4 Å². The van der Waals surface area contributed by atoms with Crippen molar-refractivity contribution in [1.29, 1.82) is 0 Å². The van der Waals surface area contributed by atoms with E-state index in [4.69, 9.17) is 10.2 Å². The molecule has 0 spiro atoms. The molecule has 1 atom stereocenters. The van der Waals surface area contributed by atoms with Crippen LogP contribution < -0.4 is 5.73 Å². The van der Waals surface area contributed by atoms with Crippen LogP contribution in [-0.2, 0) is 9.84 Å². The lowest BCUT2D eigenvalue weighted by Gasteiger charge is -2.12. The summed E-state index contributed by atoms with van der Waals surface area (Å²) in [7, 11) is -2.89. The second kappa shape index (κ2) is 5.89. The van der Waals surface area contributed by atoms with Gasteiger partial charge in [-0.25, -0.2) is 8.42 Å². The molecule has 0 aromatic carbocycles. The number of rotatable bonds is 6. The fourth-order valence-corrected chi connectivity index (χ4v) is 3.06. The minimum Gasteiger partial charge on any atom is -0.466 e. The molecular weight excluding hydrogens is 250 g/mol. The number of hydrogen-bond acceptors (Lipinski definition) is 4. The van der Waals surface area contributed by atoms with Crippen molar-refractivity contribution in [3.63, 3.8) is 0 Å². The third kappa shape index (κ3) is 3.59. The lowest BCUT2D eigenvalue weighted by molar-refractivity contribution is 0.494. The molecule has 1 heterocycles. The first kappa shape index (κ1) is 15.2. The summed E-state index contributed by atoms with van der Waals surface area (Å²) >= 11 is 0. The van der Waals surface area contributed by atoms with E-state index >= 15 is 0 Å². The quantitative estimate of drug-likeness (QED) is 0.864. The zero-order valence-electron chi connectivity index (χ0n) is 11.6. The Labute approximate surface area is 109 Å². The minimum atomic E-state index is -2.89. The van der Waals surface area contributed by atoms with Gasteiger partial charge in [-0.05, 0) is 39.2 Å². The molecule has 1 rings (SSSR count). The van der Waals surface area contributed by atoms with E-state index in [1.165, 1.54) is 0 Å². The fourth-order valence-electron chi connectivity index (χ4n) is 2.17. The topological polar surface area (TPSA) is 73.3 Å². The molecule has 0 radical (unpaired) electrons. The van der Waals surface area contributed by atoms with E-state index in [0.717, 1.165) is 22.6 Å². The molecule has 0 aliphatic heterocycles. The summed E-state index contributed by atoms with van der Waals surface area (Å²) in [5.74, 6) is 2.15. The standard InChI is InChI=1S/C13H23NO3S/c1-5-18(15,16)8-6-7-12(14)13-9(2)10(3)17-11(13)4/h12H,5-8,14H2,1-4H3. The van der Waals surface area contributed by atoms with E-state index in [0.29, 0.717) is 12.8 Å². The Bertz CT molecular complexity index is 503. The third-order valence-corrected chi connectivity index (χ3v) is 5.19. The van der Waals surface area contributed by atoms with Crippen LogP contribution in [0.25, 0.3) is 0 Å². The molecule has 0 aliphatic rings. The second-order valence-electron chi connectivity index (χ2n) is 4.74. The van der Waals surface area contributed by atoms with Crippen LogP contribution in [0.1, 0.15) is 48.5 Å². The highest BCUT2D eigenvalue weighted by molar-refractivity contribution is 7.91. The molecule has 0 saturated carbocycles. The average molecular weight is 273 g/mol. The zero-order valence-corrected chi connectivity index (χ0v) is 12.4. The van der Waals surface area contributed by atoms with E-state index < -0.39 is 9.84 Å². The first-order valence-electron chi connectivity index (χ1n) is 6.31. The van der Waals surface area contributed by atoms with E-state index in [1.54, 1.807) is 6.92 Å². The first-order valence-corrected chi connectivity index (χ1v) is 8.13. The summed E-state index contributed by atoms with van der Waals surface area (Å²) in [5, 5.41) is 0. The number of furan rings is 1. The smallest absolute Gasteiger partial charge is 0.150 e. The van der Waals surface area contributed by atoms with Crippen LogP contribution >= 0.6 is 0 Å². The maximum atomic E-state index is 11.4. The van der Waals surface area contributed by atoms with Gasteiger partial charge in [-0.15, -0.1) is 0 Å². The van der Waals surface area contributed by atoms with Crippen molar-refractivity contribution >= 4 is 9.84 Å². The lowest BCUT2D eigenvalue weighted by atomic mass is 9.99. The summed E-state index contributed by atoms with van der Waals surface area (Å²) in [6, 6.07) is -0.144. The molecule has 1 aromatic heterocycles. The van der Waals surface area contributed by atoms with Gasteiger partial charge in [0.25, 0.3) is 0 Å². The maximum Gasteiger partial charge on any atom is 0.150 e. The Morgan fingerprint density at radius 1 is 1.22 bits per heavy atom. The van der Waals surface area contributed by atoms with Gasteiger partial charge >= 0.3 is 0 Å². The van der Waals surface area contributed by atoms with Crippen molar-refractivity contribution in [2.45, 2.75) is 46.6 Å². The predicted octanol–water partition coefficient (Wildman–Crippen LogP) is 2.42. The molecule has 0 saturated heterocycles. The molecule has 0 amide bonds. The lowest BCUT2D eigenvalue weighted by Crippen LogP contribution is -2.15. The zero-order chi connectivity index (χ0) is 13.9. The van der Waals surface area contributed by atoms with E-state index in [1.807, 2.05) is 20.8 Å². The molecule has 5 heteroatoms. The third-order valence-electron chi connectivity index (χ3n) is 3.40. The Morgan fingerprint density at radius 3 is 2.28 bits per heavy atom. The predicted molar refractivity (Wildman–Crippen MR) is 73.4 cm³/mol. The Hall–Kier alpha value is -0.810. The highest BCUT2D eigenvalue weighted by Crippen LogP contribution is 2.28. The van der Waals surface area contributed by atoms with Crippen molar-refractivity contribution in [2.24, 2.45) is 5.73 Å². The van der Waals surface area contributed by atoms with Gasteiger partial charge in [-0.2, -0.15) is 0 Å². The normalized spacial score (nSPS) is 13.8. The van der Waals surface area contributed by atoms with Crippen LogP contribution in [-0.4, -0.2) is 19.9 Å². The first-order chi connectivity index (χ1) is 8.28. The van der Waals surface area contributed by atoms with Crippen LogP contribution in [0.4, 0.5) is 0 Å². The van der Waals surface area contributed by atoms with Gasteiger partial charge in [0.05, 0.1) is 5.75 Å². The van der Waals surface area contributed by atoms with Crippen LogP contribution in [0.15, 0.2) is 4.42 Å². The Kier molecular flexibility index (Phi) is 4.99. The van der Waals surface area contributed by atoms with Gasteiger partial charge in [-0.1, -0.05) is 6.92 Å². The van der Waals surface area contributed by atoms with Gasteiger partial charge < -0.3 is 10.2 Å². The molecule has 18 heavy (non-hydrogen) atoms. The van der Waals surface area contributed by atoms with Crippen molar-refractivity contribution in [3.05, 3.63) is 22.6 Å². The molecular formula is C13H23NO3S. The summed E-state index contributed by atoms with van der Waals surface area (Å²) in [4.78, 5) is 0. The fraction of sp³-hybridized carbons (Fsp3) is 0.692. The number of aryl methyl sites for hydroxylation is 2. The number of sulfone groups is 1. The number of hydrogen-bond donors (Lipinski definition) is 1. The summed E-state index contributed by atoms with van der Waals surface area (Å²) in [5.41, 5.74) is 8.24. The van der Waals surface area contributed by atoms with Crippen molar-refractivity contribution in [1.82, 2.24) is 0 Å². The molecule has 0 bridgehead atoms. The molecule has 0 fully saturated rings. The summed E-state index contributed by atoms with van der Waals surface area (Å²) in [6.45, 7) is 7.48. The molecule has 4 nitrogen and oxygen atoms in total. The number of nitrogens with two attached hydrogens (primary N) is 1. The van der Waals surface area contributed by atoms with Crippen LogP contribution in [0.5, 0.6) is 0 Å². The average Bonchev–Trinajstić information content (AvgIpc) is 2.53. The van der Waals surface area contributed by atoms with E-state index in [9.17, 15) is 8.42 Å². The molecule has 0 aliphatic carbocycles. The minimum absolute atomic E-state index is 0.144. The van der Waals surface area contributed by atoms with Gasteiger partial charge in [0.2, 0.25) is 0 Å². The van der Waals surface area contributed by atoms with Crippen LogP contribution in [0.3, 0.4) is 0 Å². The van der Waals surface area contributed by atoms with E-state index in [2.05, 4.69) is 0 Å². The molecule has 1 unspecified atom stereocenters. The highest BCUT2D eigenvalue weighted by Gasteiger charge is 2.18. The van der Waals surface area contributed by atoms with Crippen molar-refractivity contribution < 1.29 is 12.8 Å². The van der Waals surface area contributed by atoms with Crippen molar-refractivity contribution in [2.75, 3.05) is 11.5 Å². The van der Waals surface area contributed by atoms with E-state index in [-0.39, 0.29) is 17.5 Å². The van der Waals surface area contributed by atoms with Gasteiger partial charge in [0.15, 0.2) is 0 Å². The van der Waals surface area contributed by atoms with Crippen molar-refractivity contribution in [3.8, 4) is 0 Å². The van der Waals surface area contributed by atoms with Gasteiger partial charge in [-0.3, -0.25) is 0 Å². The largest absolute Gasteiger partial charge is 0.466 e. The van der Waals surface area contributed by atoms with Gasteiger partial charge in [0.1, 0.15) is 21.4 Å². The van der Waals surface area contributed by atoms with Crippen LogP contribution in [0, 0.1) is 20.8 Å².